The Kier molecular flexibility index (Phi) is 2.92. The number of methoxy groups -OCH3 is 1. The molecule has 0 aliphatic heterocycles. The number of imidazole rings is 2. The van der Waals surface area contributed by atoms with Crippen LogP contribution in [0.5, 0.6) is 5.75 Å². The fraction of sp³-hybridized carbons (Fsp3) is 0.0667. The Hall–Kier alpha value is -2.80. The van der Waals surface area contributed by atoms with Gasteiger partial charge < -0.3 is 19.7 Å². The lowest BCUT2D eigenvalue weighted by Gasteiger charge is -2.07. The fourth-order valence-corrected chi connectivity index (χ4v) is 2.80. The van der Waals surface area contributed by atoms with Gasteiger partial charge in [-0.25, -0.2) is 14.2 Å². The monoisotopic (exact) mass is 332 g/mol. The predicted octanol–water partition coefficient (Wildman–Crippen LogP) is 3.20. The van der Waals surface area contributed by atoms with Gasteiger partial charge in [-0.1, -0.05) is 11.6 Å². The van der Waals surface area contributed by atoms with Crippen LogP contribution in [0.25, 0.3) is 33.5 Å². The van der Waals surface area contributed by atoms with Crippen molar-refractivity contribution >= 4 is 33.7 Å². The molecule has 23 heavy (non-hydrogen) atoms. The summed E-state index contributed by atoms with van der Waals surface area (Å²) >= 11 is 6.12. The summed E-state index contributed by atoms with van der Waals surface area (Å²) in [5, 5.41) is 0.223. The molecule has 0 aliphatic rings. The van der Waals surface area contributed by atoms with Gasteiger partial charge >= 0.3 is 5.69 Å². The van der Waals surface area contributed by atoms with E-state index >= 15 is 0 Å². The van der Waals surface area contributed by atoms with Gasteiger partial charge in [-0.3, -0.25) is 0 Å². The van der Waals surface area contributed by atoms with Crippen molar-refractivity contribution in [2.75, 3.05) is 7.11 Å². The molecule has 0 aliphatic carbocycles. The summed E-state index contributed by atoms with van der Waals surface area (Å²) in [6, 6.07) is 6.44. The van der Waals surface area contributed by atoms with Crippen molar-refractivity contribution in [1.82, 2.24) is 19.9 Å². The molecule has 2 aromatic carbocycles. The lowest BCUT2D eigenvalue weighted by Crippen LogP contribution is -1.99. The van der Waals surface area contributed by atoms with Crippen LogP contribution in [0.3, 0.4) is 0 Å². The second-order valence-electron chi connectivity index (χ2n) is 5.02. The van der Waals surface area contributed by atoms with Crippen molar-refractivity contribution < 1.29 is 9.13 Å². The maximum Gasteiger partial charge on any atom is 0.323 e. The average molecular weight is 333 g/mol. The van der Waals surface area contributed by atoms with Crippen LogP contribution in [0.15, 0.2) is 29.1 Å². The van der Waals surface area contributed by atoms with E-state index < -0.39 is 5.82 Å². The largest absolute Gasteiger partial charge is 0.494 e. The highest BCUT2D eigenvalue weighted by Crippen LogP contribution is 2.35. The van der Waals surface area contributed by atoms with Crippen molar-refractivity contribution in [2.24, 2.45) is 0 Å². The van der Waals surface area contributed by atoms with E-state index in [0.717, 1.165) is 0 Å². The van der Waals surface area contributed by atoms with Crippen molar-refractivity contribution in [2.45, 2.75) is 0 Å². The number of nitrogens with one attached hydrogen (secondary N) is 3. The van der Waals surface area contributed by atoms with Gasteiger partial charge in [-0.05, 0) is 24.3 Å². The summed E-state index contributed by atoms with van der Waals surface area (Å²) in [6.45, 7) is 0. The van der Waals surface area contributed by atoms with Gasteiger partial charge in [0.15, 0.2) is 11.6 Å². The smallest absolute Gasteiger partial charge is 0.323 e. The fourth-order valence-electron chi connectivity index (χ4n) is 2.57. The molecule has 8 heteroatoms. The molecule has 4 aromatic rings. The van der Waals surface area contributed by atoms with Gasteiger partial charge in [-0.2, -0.15) is 0 Å². The zero-order chi connectivity index (χ0) is 16.1. The standard InChI is InChI=1S/C15H10ClFN4O2/c1-23-11-3-2-6(16)12(13(11)17)14-18-7-4-9-10(5-8(7)19-14)21-15(22)20-9/h2-5H,1H3,(H,18,19)(H2,20,21,22). The molecular formula is C15H10ClFN4O2. The van der Waals surface area contributed by atoms with E-state index in [9.17, 15) is 9.18 Å². The van der Waals surface area contributed by atoms with Gasteiger partial charge in [0, 0.05) is 0 Å². The number of benzene rings is 2. The topological polar surface area (TPSA) is 86.6 Å². The molecule has 0 amide bonds. The summed E-state index contributed by atoms with van der Waals surface area (Å²) in [5.74, 6) is -0.212. The highest BCUT2D eigenvalue weighted by atomic mass is 35.5. The maximum atomic E-state index is 14.5. The summed E-state index contributed by atoms with van der Waals surface area (Å²) in [6.07, 6.45) is 0. The van der Waals surface area contributed by atoms with Crippen LogP contribution < -0.4 is 10.4 Å². The first kappa shape index (κ1) is 13.8. The maximum absolute atomic E-state index is 14.5. The van der Waals surface area contributed by atoms with Gasteiger partial charge in [-0.15, -0.1) is 0 Å². The zero-order valence-electron chi connectivity index (χ0n) is 11.8. The van der Waals surface area contributed by atoms with Gasteiger partial charge in [0.25, 0.3) is 0 Å². The van der Waals surface area contributed by atoms with E-state index in [1.165, 1.54) is 13.2 Å². The molecule has 3 N–H and O–H groups in total. The number of nitrogens with zero attached hydrogens (tertiary/aromatic N) is 1. The number of aromatic nitrogens is 4. The third-order valence-electron chi connectivity index (χ3n) is 3.63. The van der Waals surface area contributed by atoms with Crippen molar-refractivity contribution in [3.05, 3.63) is 45.6 Å². The minimum Gasteiger partial charge on any atom is -0.494 e. The number of fused-ring (bicyclic) bond motifs is 2. The molecule has 0 atom stereocenters. The second kappa shape index (κ2) is 4.85. The first-order chi connectivity index (χ1) is 11.1. The van der Waals surface area contributed by atoms with Crippen LogP contribution in [0.1, 0.15) is 0 Å². The minimum absolute atomic E-state index is 0.0845. The lowest BCUT2D eigenvalue weighted by atomic mass is 10.2. The van der Waals surface area contributed by atoms with Crippen LogP contribution in [0.4, 0.5) is 4.39 Å². The first-order valence-electron chi connectivity index (χ1n) is 6.71. The molecule has 0 spiro atoms. The highest BCUT2D eigenvalue weighted by Gasteiger charge is 2.18. The Morgan fingerprint density at radius 3 is 2.61 bits per heavy atom. The molecule has 4 rings (SSSR count). The van der Waals surface area contributed by atoms with Crippen molar-refractivity contribution in [3.63, 3.8) is 0 Å². The van der Waals surface area contributed by atoms with Crippen LogP contribution >= 0.6 is 11.6 Å². The summed E-state index contributed by atoms with van der Waals surface area (Å²) < 4.78 is 19.5. The number of rotatable bonds is 2. The molecule has 116 valence electrons. The summed E-state index contributed by atoms with van der Waals surface area (Å²) in [5.41, 5.74) is 2.34. The van der Waals surface area contributed by atoms with Gasteiger partial charge in [0.1, 0.15) is 5.82 Å². The Bertz CT molecular complexity index is 1060. The Morgan fingerprint density at radius 1 is 1.13 bits per heavy atom. The SMILES string of the molecule is COc1ccc(Cl)c(-c2nc3cc4[nH]c(=O)[nH]c4cc3[nH]2)c1F. The predicted molar refractivity (Wildman–Crippen MR) is 85.5 cm³/mol. The molecule has 0 saturated carbocycles. The van der Waals surface area contributed by atoms with Crippen LogP contribution in [-0.2, 0) is 0 Å². The molecule has 2 heterocycles. The number of ether oxygens (including phenoxy) is 1. The van der Waals surface area contributed by atoms with Gasteiger partial charge in [0.05, 0.1) is 39.8 Å². The molecule has 0 radical (unpaired) electrons. The second-order valence-corrected chi connectivity index (χ2v) is 5.43. The van der Waals surface area contributed by atoms with Crippen LogP contribution in [0.2, 0.25) is 5.02 Å². The van der Waals surface area contributed by atoms with Crippen molar-refractivity contribution in [1.29, 1.82) is 0 Å². The molecule has 0 fully saturated rings. The molecule has 0 saturated heterocycles. The molecule has 0 unspecified atom stereocenters. The van der Waals surface area contributed by atoms with E-state index in [1.807, 2.05) is 0 Å². The summed E-state index contributed by atoms with van der Waals surface area (Å²) in [7, 11) is 1.38. The first-order valence-corrected chi connectivity index (χ1v) is 7.09. The van der Waals surface area contributed by atoms with E-state index in [-0.39, 0.29) is 27.8 Å². The number of aromatic amines is 3. The molecule has 0 bridgehead atoms. The normalized spacial score (nSPS) is 11.4. The number of hydrogen-bond acceptors (Lipinski definition) is 3. The quantitative estimate of drug-likeness (QED) is 0.527. The number of hydrogen-bond donors (Lipinski definition) is 3. The molecule has 6 nitrogen and oxygen atoms in total. The number of H-pyrrole nitrogens is 3. The Balaban J connectivity index is 1.98. The zero-order valence-corrected chi connectivity index (χ0v) is 12.6. The van der Waals surface area contributed by atoms with Gasteiger partial charge in [0.2, 0.25) is 0 Å². The van der Waals surface area contributed by atoms with E-state index in [2.05, 4.69) is 19.9 Å². The minimum atomic E-state index is -0.585. The highest BCUT2D eigenvalue weighted by molar-refractivity contribution is 6.33. The van der Waals surface area contributed by atoms with Crippen LogP contribution in [-0.4, -0.2) is 27.0 Å². The third-order valence-corrected chi connectivity index (χ3v) is 3.94. The Morgan fingerprint density at radius 2 is 1.87 bits per heavy atom. The number of halogens is 2. The Labute approximate surface area is 133 Å². The molecule has 2 aromatic heterocycles. The van der Waals surface area contributed by atoms with Crippen LogP contribution in [0, 0.1) is 5.82 Å². The van der Waals surface area contributed by atoms with E-state index in [0.29, 0.717) is 22.1 Å². The van der Waals surface area contributed by atoms with Crippen molar-refractivity contribution in [3.8, 4) is 17.1 Å². The summed E-state index contributed by atoms with van der Waals surface area (Å²) in [4.78, 5) is 24.0. The van der Waals surface area contributed by atoms with E-state index in [1.54, 1.807) is 18.2 Å². The van der Waals surface area contributed by atoms with E-state index in [4.69, 9.17) is 16.3 Å². The lowest BCUT2D eigenvalue weighted by molar-refractivity contribution is 0.387. The average Bonchev–Trinajstić information content (AvgIpc) is 3.06. The third kappa shape index (κ3) is 2.08. The molecular weight excluding hydrogens is 323 g/mol.